The number of piperidine rings is 1. The Kier molecular flexibility index (Phi) is 6.76. The SMILES string of the molecule is CCC(CO)NCC1CCCN(C(=O)OC(C)(C)C)C1. The third kappa shape index (κ3) is 6.09. The van der Waals surface area contributed by atoms with Crippen LogP contribution in [-0.2, 0) is 4.74 Å². The molecule has 0 saturated carbocycles. The van der Waals surface area contributed by atoms with E-state index in [9.17, 15) is 9.90 Å². The summed E-state index contributed by atoms with van der Waals surface area (Å²) in [5, 5.41) is 12.5. The molecular weight excluding hydrogens is 256 g/mol. The van der Waals surface area contributed by atoms with Crippen LogP contribution in [0.2, 0.25) is 0 Å². The van der Waals surface area contributed by atoms with Crippen molar-refractivity contribution in [1.82, 2.24) is 10.2 Å². The van der Waals surface area contributed by atoms with Gasteiger partial charge in [-0.2, -0.15) is 0 Å². The van der Waals surface area contributed by atoms with Gasteiger partial charge >= 0.3 is 6.09 Å². The molecule has 1 aliphatic heterocycles. The van der Waals surface area contributed by atoms with Crippen LogP contribution in [0.5, 0.6) is 0 Å². The predicted molar refractivity (Wildman–Crippen MR) is 79.7 cm³/mol. The van der Waals surface area contributed by atoms with E-state index in [-0.39, 0.29) is 18.7 Å². The van der Waals surface area contributed by atoms with Crippen LogP contribution in [-0.4, -0.2) is 54.0 Å². The molecule has 20 heavy (non-hydrogen) atoms. The maximum Gasteiger partial charge on any atom is 0.410 e. The highest BCUT2D eigenvalue weighted by Gasteiger charge is 2.27. The molecule has 0 aromatic carbocycles. The van der Waals surface area contributed by atoms with E-state index in [4.69, 9.17) is 4.74 Å². The van der Waals surface area contributed by atoms with Gasteiger partial charge < -0.3 is 20.1 Å². The van der Waals surface area contributed by atoms with E-state index < -0.39 is 5.60 Å². The number of nitrogens with zero attached hydrogens (tertiary/aromatic N) is 1. The minimum Gasteiger partial charge on any atom is -0.444 e. The number of carbonyl (C=O) groups excluding carboxylic acids is 1. The summed E-state index contributed by atoms with van der Waals surface area (Å²) in [5.41, 5.74) is -0.438. The van der Waals surface area contributed by atoms with Crippen molar-refractivity contribution >= 4 is 6.09 Å². The van der Waals surface area contributed by atoms with Crippen LogP contribution in [0, 0.1) is 5.92 Å². The van der Waals surface area contributed by atoms with Crippen LogP contribution >= 0.6 is 0 Å². The number of ether oxygens (including phenoxy) is 1. The summed E-state index contributed by atoms with van der Waals surface area (Å²) in [6.45, 7) is 10.3. The number of carbonyl (C=O) groups is 1. The van der Waals surface area contributed by atoms with Crippen molar-refractivity contribution in [2.45, 2.75) is 58.6 Å². The molecule has 5 heteroatoms. The van der Waals surface area contributed by atoms with Gasteiger partial charge in [-0.15, -0.1) is 0 Å². The largest absolute Gasteiger partial charge is 0.444 e. The van der Waals surface area contributed by atoms with E-state index in [0.29, 0.717) is 5.92 Å². The van der Waals surface area contributed by atoms with Crippen molar-refractivity contribution in [3.8, 4) is 0 Å². The van der Waals surface area contributed by atoms with Crippen LogP contribution in [0.25, 0.3) is 0 Å². The molecule has 1 saturated heterocycles. The molecule has 0 aliphatic carbocycles. The smallest absolute Gasteiger partial charge is 0.410 e. The first-order chi connectivity index (χ1) is 9.35. The monoisotopic (exact) mass is 286 g/mol. The lowest BCUT2D eigenvalue weighted by Crippen LogP contribution is -2.46. The van der Waals surface area contributed by atoms with E-state index in [1.807, 2.05) is 20.8 Å². The third-order valence-electron chi connectivity index (χ3n) is 3.58. The topological polar surface area (TPSA) is 61.8 Å². The molecule has 1 heterocycles. The number of hydrogen-bond donors (Lipinski definition) is 2. The fraction of sp³-hybridized carbons (Fsp3) is 0.933. The normalized spacial score (nSPS) is 21.6. The van der Waals surface area contributed by atoms with Gasteiger partial charge in [-0.1, -0.05) is 6.92 Å². The van der Waals surface area contributed by atoms with Crippen molar-refractivity contribution in [3.05, 3.63) is 0 Å². The number of likely N-dealkylation sites (tertiary alicyclic amines) is 1. The van der Waals surface area contributed by atoms with E-state index in [0.717, 1.165) is 38.9 Å². The minimum absolute atomic E-state index is 0.159. The van der Waals surface area contributed by atoms with Crippen LogP contribution < -0.4 is 5.32 Å². The summed E-state index contributed by atoms with van der Waals surface area (Å²) in [6, 6.07) is 0.159. The molecule has 0 radical (unpaired) electrons. The lowest BCUT2D eigenvalue weighted by Gasteiger charge is -2.34. The molecule has 1 rings (SSSR count). The Hall–Kier alpha value is -0.810. The quantitative estimate of drug-likeness (QED) is 0.811. The Labute approximate surface area is 122 Å². The van der Waals surface area contributed by atoms with Gasteiger partial charge in [0.25, 0.3) is 0 Å². The summed E-state index contributed by atoms with van der Waals surface area (Å²) >= 11 is 0. The molecule has 0 bridgehead atoms. The van der Waals surface area contributed by atoms with Crippen LogP contribution in [0.15, 0.2) is 0 Å². The lowest BCUT2D eigenvalue weighted by atomic mass is 9.98. The van der Waals surface area contributed by atoms with E-state index in [1.54, 1.807) is 4.90 Å². The number of amides is 1. The van der Waals surface area contributed by atoms with E-state index >= 15 is 0 Å². The number of rotatable bonds is 5. The maximum absolute atomic E-state index is 12.1. The minimum atomic E-state index is -0.438. The first-order valence-corrected chi connectivity index (χ1v) is 7.68. The number of hydrogen-bond acceptors (Lipinski definition) is 4. The fourth-order valence-electron chi connectivity index (χ4n) is 2.40. The highest BCUT2D eigenvalue weighted by atomic mass is 16.6. The van der Waals surface area contributed by atoms with E-state index in [2.05, 4.69) is 12.2 Å². The van der Waals surface area contributed by atoms with Gasteiger partial charge in [-0.05, 0) is 52.5 Å². The van der Waals surface area contributed by atoms with Crippen LogP contribution in [0.1, 0.15) is 47.0 Å². The zero-order chi connectivity index (χ0) is 15.2. The Morgan fingerprint density at radius 3 is 2.75 bits per heavy atom. The second-order valence-electron chi connectivity index (χ2n) is 6.63. The molecule has 2 atom stereocenters. The highest BCUT2D eigenvalue weighted by molar-refractivity contribution is 5.68. The highest BCUT2D eigenvalue weighted by Crippen LogP contribution is 2.19. The zero-order valence-corrected chi connectivity index (χ0v) is 13.3. The van der Waals surface area contributed by atoms with Gasteiger partial charge in [0.1, 0.15) is 5.60 Å². The van der Waals surface area contributed by atoms with Gasteiger partial charge in [0.2, 0.25) is 0 Å². The molecule has 5 nitrogen and oxygen atoms in total. The third-order valence-corrected chi connectivity index (χ3v) is 3.58. The molecule has 2 N–H and O–H groups in total. The van der Waals surface area contributed by atoms with Crippen molar-refractivity contribution < 1.29 is 14.6 Å². The Morgan fingerprint density at radius 1 is 1.50 bits per heavy atom. The van der Waals surface area contributed by atoms with Crippen molar-refractivity contribution in [2.24, 2.45) is 5.92 Å². The van der Waals surface area contributed by atoms with Crippen molar-refractivity contribution in [2.75, 3.05) is 26.2 Å². The first kappa shape index (κ1) is 17.2. The molecule has 0 spiro atoms. The average molecular weight is 286 g/mol. The van der Waals surface area contributed by atoms with Crippen molar-refractivity contribution in [3.63, 3.8) is 0 Å². The Bertz CT molecular complexity index is 298. The molecule has 1 fully saturated rings. The molecule has 1 amide bonds. The molecular formula is C15H30N2O3. The fourth-order valence-corrected chi connectivity index (χ4v) is 2.40. The molecule has 2 unspecified atom stereocenters. The van der Waals surface area contributed by atoms with Gasteiger partial charge in [-0.3, -0.25) is 0 Å². The average Bonchev–Trinajstić information content (AvgIpc) is 2.38. The second kappa shape index (κ2) is 7.84. The summed E-state index contributed by atoms with van der Waals surface area (Å²) in [5.74, 6) is 0.442. The number of aliphatic hydroxyl groups is 1. The van der Waals surface area contributed by atoms with E-state index in [1.165, 1.54) is 0 Å². The summed E-state index contributed by atoms with van der Waals surface area (Å²) in [4.78, 5) is 13.9. The molecule has 0 aromatic heterocycles. The van der Waals surface area contributed by atoms with Gasteiger partial charge in [-0.25, -0.2) is 4.79 Å². The first-order valence-electron chi connectivity index (χ1n) is 7.68. The second-order valence-corrected chi connectivity index (χ2v) is 6.63. The Morgan fingerprint density at radius 2 is 2.20 bits per heavy atom. The molecule has 118 valence electrons. The van der Waals surface area contributed by atoms with Crippen LogP contribution in [0.3, 0.4) is 0 Å². The maximum atomic E-state index is 12.1. The molecule has 0 aromatic rings. The lowest BCUT2D eigenvalue weighted by molar-refractivity contribution is 0.0164. The molecule has 1 aliphatic rings. The van der Waals surface area contributed by atoms with Crippen molar-refractivity contribution in [1.29, 1.82) is 0 Å². The van der Waals surface area contributed by atoms with Gasteiger partial charge in [0.05, 0.1) is 6.61 Å². The summed E-state index contributed by atoms with van der Waals surface area (Å²) < 4.78 is 5.42. The summed E-state index contributed by atoms with van der Waals surface area (Å²) in [7, 11) is 0. The number of aliphatic hydroxyl groups excluding tert-OH is 1. The zero-order valence-electron chi connectivity index (χ0n) is 13.3. The van der Waals surface area contributed by atoms with Crippen LogP contribution in [0.4, 0.5) is 4.79 Å². The van der Waals surface area contributed by atoms with Gasteiger partial charge in [0.15, 0.2) is 0 Å². The standard InChI is InChI=1S/C15H30N2O3/c1-5-13(11-18)16-9-12-7-6-8-17(10-12)14(19)20-15(2,3)4/h12-13,16,18H,5-11H2,1-4H3. The Balaban J connectivity index is 2.40. The summed E-state index contributed by atoms with van der Waals surface area (Å²) in [6.07, 6.45) is 2.84. The van der Waals surface area contributed by atoms with Gasteiger partial charge in [0, 0.05) is 19.1 Å². The predicted octanol–water partition coefficient (Wildman–Crippen LogP) is 1.99. The number of nitrogens with one attached hydrogen (secondary N) is 1.